The van der Waals surface area contributed by atoms with Crippen molar-refractivity contribution in [3.63, 3.8) is 0 Å². The fourth-order valence-electron chi connectivity index (χ4n) is 2.53. The van der Waals surface area contributed by atoms with Gasteiger partial charge in [-0.2, -0.15) is 0 Å². The first kappa shape index (κ1) is 12.4. The van der Waals surface area contributed by atoms with E-state index in [0.717, 1.165) is 41.0 Å². The number of fused-ring (bicyclic) bond motifs is 1. The van der Waals surface area contributed by atoms with Crippen molar-refractivity contribution < 1.29 is 4.79 Å². The summed E-state index contributed by atoms with van der Waals surface area (Å²) < 4.78 is 1.92. The second kappa shape index (κ2) is 4.89. The first-order valence-corrected chi connectivity index (χ1v) is 8.65. The van der Waals surface area contributed by atoms with Crippen LogP contribution in [0, 0.1) is 5.92 Å². The van der Waals surface area contributed by atoms with Crippen LogP contribution in [0.5, 0.6) is 0 Å². The molecule has 2 aliphatic rings. The summed E-state index contributed by atoms with van der Waals surface area (Å²) in [6.07, 6.45) is 3.22. The van der Waals surface area contributed by atoms with Crippen molar-refractivity contribution in [1.29, 1.82) is 0 Å². The van der Waals surface area contributed by atoms with Gasteiger partial charge in [0.05, 0.1) is 11.4 Å². The first-order chi connectivity index (χ1) is 9.84. The molecule has 1 amide bonds. The van der Waals surface area contributed by atoms with Gasteiger partial charge >= 0.3 is 0 Å². The number of hydrogen-bond donors (Lipinski definition) is 0. The lowest BCUT2D eigenvalue weighted by Gasteiger charge is -2.34. The minimum absolute atomic E-state index is 0.199. The third-order valence-corrected chi connectivity index (χ3v) is 5.60. The predicted octanol–water partition coefficient (Wildman–Crippen LogP) is 2.38. The van der Waals surface area contributed by atoms with Crippen molar-refractivity contribution in [2.75, 3.05) is 17.3 Å². The minimum Gasteiger partial charge on any atom is -0.273 e. The molecular formula is C13H14N4OS2. The Kier molecular flexibility index (Phi) is 3.03. The second-order valence-corrected chi connectivity index (χ2v) is 7.04. The summed E-state index contributed by atoms with van der Waals surface area (Å²) >= 11 is 3.29. The van der Waals surface area contributed by atoms with Crippen LogP contribution in [0.1, 0.15) is 19.3 Å². The van der Waals surface area contributed by atoms with Crippen LogP contribution in [-0.2, 0) is 4.79 Å². The normalized spacial score (nSPS) is 18.7. The zero-order valence-corrected chi connectivity index (χ0v) is 12.5. The molecule has 0 spiro atoms. The zero-order valence-electron chi connectivity index (χ0n) is 10.9. The molecule has 0 aromatic carbocycles. The van der Waals surface area contributed by atoms with Crippen LogP contribution in [0.4, 0.5) is 0 Å². The smallest absolute Gasteiger partial charge is 0.244 e. The summed E-state index contributed by atoms with van der Waals surface area (Å²) in [7, 11) is 0. The topological polar surface area (TPSA) is 51.0 Å². The molecule has 7 heteroatoms. The van der Waals surface area contributed by atoms with Crippen LogP contribution >= 0.6 is 23.1 Å². The molecule has 5 nitrogen and oxygen atoms in total. The van der Waals surface area contributed by atoms with E-state index in [1.165, 1.54) is 6.42 Å². The van der Waals surface area contributed by atoms with E-state index >= 15 is 0 Å². The lowest BCUT2D eigenvalue weighted by Crippen LogP contribution is -2.49. The zero-order chi connectivity index (χ0) is 13.5. The summed E-state index contributed by atoms with van der Waals surface area (Å²) in [6.45, 7) is 0.739. The molecule has 20 heavy (non-hydrogen) atoms. The predicted molar refractivity (Wildman–Crippen MR) is 79.5 cm³/mol. The molecule has 0 unspecified atom stereocenters. The van der Waals surface area contributed by atoms with Crippen molar-refractivity contribution in [2.24, 2.45) is 5.92 Å². The summed E-state index contributed by atoms with van der Waals surface area (Å²) in [6, 6.07) is 4.02. The standard InChI is InChI=1S/C13H14N4OS2/c18-12(9-3-1-4-9)16-6-8-20-13-15-14-11(17(13)16)10-5-2-7-19-10/h2,5,7,9H,1,3-4,6,8H2. The molecular weight excluding hydrogens is 292 g/mol. The Balaban J connectivity index is 1.75. The van der Waals surface area contributed by atoms with Gasteiger partial charge < -0.3 is 0 Å². The van der Waals surface area contributed by atoms with E-state index in [1.807, 2.05) is 27.2 Å². The summed E-state index contributed by atoms with van der Waals surface area (Å²) in [4.78, 5) is 13.7. The molecule has 2 aromatic heterocycles. The highest BCUT2D eigenvalue weighted by Gasteiger charge is 2.34. The molecule has 0 atom stereocenters. The van der Waals surface area contributed by atoms with Gasteiger partial charge in [0.1, 0.15) is 0 Å². The molecule has 0 radical (unpaired) electrons. The number of carbonyl (C=O) groups is 1. The highest BCUT2D eigenvalue weighted by atomic mass is 32.2. The molecule has 0 saturated heterocycles. The van der Waals surface area contributed by atoms with E-state index in [-0.39, 0.29) is 11.8 Å². The Morgan fingerprint density at radius 1 is 1.35 bits per heavy atom. The van der Waals surface area contributed by atoms with Crippen molar-refractivity contribution in [3.05, 3.63) is 17.5 Å². The Hall–Kier alpha value is -1.34. The van der Waals surface area contributed by atoms with Gasteiger partial charge in [0.15, 0.2) is 5.82 Å². The Labute approximate surface area is 125 Å². The van der Waals surface area contributed by atoms with Crippen LogP contribution in [0.25, 0.3) is 10.7 Å². The number of rotatable bonds is 2. The highest BCUT2D eigenvalue weighted by molar-refractivity contribution is 7.99. The van der Waals surface area contributed by atoms with Crippen molar-refractivity contribution in [1.82, 2.24) is 14.9 Å². The highest BCUT2D eigenvalue weighted by Crippen LogP contribution is 2.33. The van der Waals surface area contributed by atoms with E-state index in [2.05, 4.69) is 10.2 Å². The monoisotopic (exact) mass is 306 g/mol. The lowest BCUT2D eigenvalue weighted by molar-refractivity contribution is -0.126. The number of amides is 1. The van der Waals surface area contributed by atoms with E-state index in [9.17, 15) is 4.79 Å². The summed E-state index contributed by atoms with van der Waals surface area (Å²) in [5.41, 5.74) is 0. The quantitative estimate of drug-likeness (QED) is 0.855. The number of thioether (sulfide) groups is 1. The van der Waals surface area contributed by atoms with Gasteiger partial charge in [-0.3, -0.25) is 4.79 Å². The average molecular weight is 306 g/mol. The average Bonchev–Trinajstić information content (AvgIpc) is 3.04. The maximum atomic E-state index is 12.6. The first-order valence-electron chi connectivity index (χ1n) is 6.78. The molecule has 1 fully saturated rings. The Morgan fingerprint density at radius 3 is 2.95 bits per heavy atom. The van der Waals surface area contributed by atoms with Crippen molar-refractivity contribution in [3.8, 4) is 10.7 Å². The van der Waals surface area contributed by atoms with Gasteiger partial charge in [-0.25, -0.2) is 9.69 Å². The number of hydrogen-bond acceptors (Lipinski definition) is 5. The molecule has 4 rings (SSSR count). The van der Waals surface area contributed by atoms with Gasteiger partial charge in [-0.15, -0.1) is 21.5 Å². The van der Waals surface area contributed by atoms with Crippen LogP contribution in [-0.4, -0.2) is 33.1 Å². The Bertz CT molecular complexity index is 633. The second-order valence-electron chi connectivity index (χ2n) is 5.03. The van der Waals surface area contributed by atoms with Crippen molar-refractivity contribution in [2.45, 2.75) is 24.4 Å². The van der Waals surface area contributed by atoms with E-state index < -0.39 is 0 Å². The molecule has 0 bridgehead atoms. The van der Waals surface area contributed by atoms with Gasteiger partial charge in [-0.05, 0) is 24.3 Å². The van der Waals surface area contributed by atoms with Crippen LogP contribution in [0.2, 0.25) is 0 Å². The lowest BCUT2D eigenvalue weighted by atomic mass is 9.84. The number of nitrogens with zero attached hydrogens (tertiary/aromatic N) is 4. The minimum atomic E-state index is 0.199. The molecule has 1 saturated carbocycles. The number of carbonyl (C=O) groups excluding carboxylic acids is 1. The Morgan fingerprint density at radius 2 is 2.25 bits per heavy atom. The van der Waals surface area contributed by atoms with Gasteiger partial charge in [-0.1, -0.05) is 24.2 Å². The molecule has 1 aliphatic carbocycles. The summed E-state index contributed by atoms with van der Waals surface area (Å²) in [5, 5.41) is 13.2. The van der Waals surface area contributed by atoms with Gasteiger partial charge in [0, 0.05) is 11.7 Å². The third kappa shape index (κ3) is 1.88. The largest absolute Gasteiger partial charge is 0.273 e. The molecule has 104 valence electrons. The molecule has 2 aromatic rings. The maximum Gasteiger partial charge on any atom is 0.244 e. The number of thiophene rings is 1. The van der Waals surface area contributed by atoms with Crippen molar-refractivity contribution >= 4 is 29.0 Å². The maximum absolute atomic E-state index is 12.6. The summed E-state index contributed by atoms with van der Waals surface area (Å²) in [5.74, 6) is 2.11. The van der Waals surface area contributed by atoms with Gasteiger partial charge in [0.2, 0.25) is 11.1 Å². The van der Waals surface area contributed by atoms with Crippen LogP contribution in [0.15, 0.2) is 22.7 Å². The SMILES string of the molecule is O=C(C1CCC1)N1CCSc2nnc(-c3cccs3)n21. The number of aromatic nitrogens is 3. The van der Waals surface area contributed by atoms with E-state index in [0.29, 0.717) is 0 Å². The fourth-order valence-corrected chi connectivity index (χ4v) is 4.08. The van der Waals surface area contributed by atoms with Crippen LogP contribution in [0.3, 0.4) is 0 Å². The van der Waals surface area contributed by atoms with E-state index in [4.69, 9.17) is 0 Å². The molecule has 3 heterocycles. The molecule has 1 aliphatic heterocycles. The molecule has 0 N–H and O–H groups in total. The van der Waals surface area contributed by atoms with Gasteiger partial charge in [0.25, 0.3) is 0 Å². The van der Waals surface area contributed by atoms with E-state index in [1.54, 1.807) is 23.1 Å². The third-order valence-electron chi connectivity index (χ3n) is 3.84. The fraction of sp³-hybridized carbons (Fsp3) is 0.462. The van der Waals surface area contributed by atoms with Crippen LogP contribution < -0.4 is 5.01 Å².